The van der Waals surface area contributed by atoms with Crippen LogP contribution in [0.2, 0.25) is 0 Å². The van der Waals surface area contributed by atoms with E-state index >= 15 is 0 Å². The number of rotatable bonds is 12. The van der Waals surface area contributed by atoms with Crippen molar-refractivity contribution in [3.63, 3.8) is 0 Å². The average Bonchev–Trinajstić information content (AvgIpc) is 2.54. The summed E-state index contributed by atoms with van der Waals surface area (Å²) in [5.41, 5.74) is 0.625. The molecule has 1 atom stereocenters. The van der Waals surface area contributed by atoms with Crippen LogP contribution in [-0.2, 0) is 4.74 Å². The van der Waals surface area contributed by atoms with Gasteiger partial charge in [0.1, 0.15) is 6.10 Å². The van der Waals surface area contributed by atoms with Crippen molar-refractivity contribution in [3.8, 4) is 0 Å². The third-order valence-electron chi connectivity index (χ3n) is 4.07. The molecule has 3 heteroatoms. The number of benzene rings is 1. The summed E-state index contributed by atoms with van der Waals surface area (Å²) in [5.74, 6) is -0.201. The smallest absolute Gasteiger partial charge is 0.338 e. The first kappa shape index (κ1) is 20.2. The minimum atomic E-state index is -0.201. The second kappa shape index (κ2) is 12.6. The van der Waals surface area contributed by atoms with Crippen LogP contribution in [0.1, 0.15) is 88.4 Å². The van der Waals surface area contributed by atoms with E-state index in [4.69, 9.17) is 4.74 Å². The van der Waals surface area contributed by atoms with Gasteiger partial charge in [0.2, 0.25) is 0 Å². The Hall–Kier alpha value is -0.830. The zero-order valence-corrected chi connectivity index (χ0v) is 16.2. The summed E-state index contributed by atoms with van der Waals surface area (Å²) < 4.78 is 6.63. The zero-order valence-electron chi connectivity index (χ0n) is 14.7. The van der Waals surface area contributed by atoms with E-state index in [-0.39, 0.29) is 12.1 Å². The molecular weight excluding hydrogens is 352 g/mol. The molecule has 0 fully saturated rings. The van der Waals surface area contributed by atoms with Crippen LogP contribution in [0.5, 0.6) is 0 Å². The van der Waals surface area contributed by atoms with Gasteiger partial charge in [-0.3, -0.25) is 0 Å². The summed E-state index contributed by atoms with van der Waals surface area (Å²) in [4.78, 5) is 12.2. The van der Waals surface area contributed by atoms with E-state index in [1.165, 1.54) is 38.5 Å². The molecule has 23 heavy (non-hydrogen) atoms. The van der Waals surface area contributed by atoms with E-state index in [1.807, 2.05) is 24.3 Å². The molecule has 0 amide bonds. The number of ether oxygens (including phenoxy) is 1. The van der Waals surface area contributed by atoms with Gasteiger partial charge < -0.3 is 4.74 Å². The van der Waals surface area contributed by atoms with E-state index in [0.29, 0.717) is 5.56 Å². The summed E-state index contributed by atoms with van der Waals surface area (Å²) in [6.07, 6.45) is 12.1. The van der Waals surface area contributed by atoms with Crippen LogP contribution in [0.15, 0.2) is 28.7 Å². The molecule has 0 aromatic heterocycles. The van der Waals surface area contributed by atoms with Crippen molar-refractivity contribution in [1.82, 2.24) is 0 Å². The molecule has 1 rings (SSSR count). The quantitative estimate of drug-likeness (QED) is 0.289. The van der Waals surface area contributed by atoms with Crippen LogP contribution in [0.4, 0.5) is 0 Å². The van der Waals surface area contributed by atoms with E-state index < -0.39 is 0 Å². The van der Waals surface area contributed by atoms with Gasteiger partial charge in [0, 0.05) is 4.47 Å². The number of carbonyl (C=O) groups is 1. The summed E-state index contributed by atoms with van der Waals surface area (Å²) in [5, 5.41) is 0. The van der Waals surface area contributed by atoms with Crippen LogP contribution >= 0.6 is 15.9 Å². The van der Waals surface area contributed by atoms with Gasteiger partial charge in [-0.15, -0.1) is 0 Å². The Bertz CT molecular complexity index is 445. The Kier molecular flexibility index (Phi) is 11.1. The number of hydrogen-bond donors (Lipinski definition) is 0. The SMILES string of the molecule is CCCCCCCCCC(CCC)OC(=O)c1cccc(Br)c1. The van der Waals surface area contributed by atoms with Gasteiger partial charge in [-0.1, -0.05) is 80.8 Å². The number of halogens is 1. The van der Waals surface area contributed by atoms with E-state index in [1.54, 1.807) is 0 Å². The highest BCUT2D eigenvalue weighted by atomic mass is 79.9. The Morgan fingerprint density at radius 3 is 2.35 bits per heavy atom. The fourth-order valence-electron chi connectivity index (χ4n) is 2.75. The van der Waals surface area contributed by atoms with E-state index in [2.05, 4.69) is 29.8 Å². The molecule has 1 aromatic rings. The molecule has 2 nitrogen and oxygen atoms in total. The Morgan fingerprint density at radius 2 is 1.70 bits per heavy atom. The maximum Gasteiger partial charge on any atom is 0.338 e. The molecule has 1 aromatic carbocycles. The van der Waals surface area contributed by atoms with Crippen molar-refractivity contribution in [2.45, 2.75) is 84.2 Å². The highest BCUT2D eigenvalue weighted by molar-refractivity contribution is 9.10. The summed E-state index contributed by atoms with van der Waals surface area (Å²) in [7, 11) is 0. The Balaban J connectivity index is 2.32. The lowest BCUT2D eigenvalue weighted by Crippen LogP contribution is -2.18. The lowest BCUT2D eigenvalue weighted by molar-refractivity contribution is 0.0253. The van der Waals surface area contributed by atoms with E-state index in [9.17, 15) is 4.79 Å². The maximum atomic E-state index is 12.2. The van der Waals surface area contributed by atoms with Crippen LogP contribution in [0.3, 0.4) is 0 Å². The molecule has 0 bridgehead atoms. The van der Waals surface area contributed by atoms with Gasteiger partial charge >= 0.3 is 5.97 Å². The zero-order chi connectivity index (χ0) is 16.9. The van der Waals surface area contributed by atoms with Gasteiger partial charge in [0.15, 0.2) is 0 Å². The number of carbonyl (C=O) groups excluding carboxylic acids is 1. The third-order valence-corrected chi connectivity index (χ3v) is 4.57. The molecule has 0 radical (unpaired) electrons. The first-order chi connectivity index (χ1) is 11.2. The topological polar surface area (TPSA) is 26.3 Å². The highest BCUT2D eigenvalue weighted by Gasteiger charge is 2.15. The summed E-state index contributed by atoms with van der Waals surface area (Å²) in [6, 6.07) is 7.41. The molecule has 1 unspecified atom stereocenters. The van der Waals surface area contributed by atoms with Crippen molar-refractivity contribution < 1.29 is 9.53 Å². The second-order valence-corrected chi connectivity index (χ2v) is 7.15. The fourth-order valence-corrected chi connectivity index (χ4v) is 3.15. The second-order valence-electron chi connectivity index (χ2n) is 6.24. The molecule has 0 aliphatic heterocycles. The standard InChI is InChI=1S/C20H31BrO2/c1-3-5-6-7-8-9-10-15-19(12-4-2)23-20(22)17-13-11-14-18(21)16-17/h11,13-14,16,19H,3-10,12,15H2,1-2H3. The van der Waals surface area contributed by atoms with Gasteiger partial charge in [0.25, 0.3) is 0 Å². The minimum Gasteiger partial charge on any atom is -0.459 e. The van der Waals surface area contributed by atoms with Gasteiger partial charge in [-0.25, -0.2) is 4.79 Å². The lowest BCUT2D eigenvalue weighted by Gasteiger charge is -2.17. The first-order valence-electron chi connectivity index (χ1n) is 9.14. The van der Waals surface area contributed by atoms with Crippen molar-refractivity contribution in [3.05, 3.63) is 34.3 Å². The molecule has 0 heterocycles. The molecule has 0 saturated heterocycles. The highest BCUT2D eigenvalue weighted by Crippen LogP contribution is 2.18. The molecule has 0 spiro atoms. The summed E-state index contributed by atoms with van der Waals surface area (Å²) in [6.45, 7) is 4.39. The fraction of sp³-hybridized carbons (Fsp3) is 0.650. The van der Waals surface area contributed by atoms with Gasteiger partial charge in [0.05, 0.1) is 5.56 Å². The number of esters is 1. The molecule has 0 N–H and O–H groups in total. The molecule has 130 valence electrons. The van der Waals surface area contributed by atoms with Crippen molar-refractivity contribution >= 4 is 21.9 Å². The van der Waals surface area contributed by atoms with Crippen LogP contribution < -0.4 is 0 Å². The predicted molar refractivity (Wildman–Crippen MR) is 101 cm³/mol. The molecule has 0 aliphatic rings. The largest absolute Gasteiger partial charge is 0.459 e. The van der Waals surface area contributed by atoms with Crippen LogP contribution in [-0.4, -0.2) is 12.1 Å². The number of unbranched alkanes of at least 4 members (excludes halogenated alkanes) is 6. The first-order valence-corrected chi connectivity index (χ1v) is 9.93. The van der Waals surface area contributed by atoms with Gasteiger partial charge in [-0.05, 0) is 37.5 Å². The molecule has 0 saturated carbocycles. The average molecular weight is 383 g/mol. The number of hydrogen-bond acceptors (Lipinski definition) is 2. The maximum absolute atomic E-state index is 12.2. The molecule has 0 aliphatic carbocycles. The Morgan fingerprint density at radius 1 is 1.00 bits per heavy atom. The minimum absolute atomic E-state index is 0.0575. The molecular formula is C20H31BrO2. The summed E-state index contributed by atoms with van der Waals surface area (Å²) >= 11 is 3.40. The van der Waals surface area contributed by atoms with Crippen molar-refractivity contribution in [2.24, 2.45) is 0 Å². The van der Waals surface area contributed by atoms with Crippen molar-refractivity contribution in [2.75, 3.05) is 0 Å². The van der Waals surface area contributed by atoms with Gasteiger partial charge in [-0.2, -0.15) is 0 Å². The monoisotopic (exact) mass is 382 g/mol. The third kappa shape index (κ3) is 9.14. The van der Waals surface area contributed by atoms with Crippen LogP contribution in [0.25, 0.3) is 0 Å². The Labute approximate surface area is 150 Å². The van der Waals surface area contributed by atoms with E-state index in [0.717, 1.165) is 30.2 Å². The van der Waals surface area contributed by atoms with Crippen LogP contribution in [0, 0.1) is 0 Å². The normalized spacial score (nSPS) is 12.1. The lowest BCUT2D eigenvalue weighted by atomic mass is 10.0. The van der Waals surface area contributed by atoms with Crippen molar-refractivity contribution in [1.29, 1.82) is 0 Å². The predicted octanol–water partition coefficient (Wildman–Crippen LogP) is 6.92.